The molecule has 0 aliphatic heterocycles. The Morgan fingerprint density at radius 2 is 2.06 bits per heavy atom. The molecule has 0 radical (unpaired) electrons. The Kier molecular flexibility index (Phi) is 3.22. The summed E-state index contributed by atoms with van der Waals surface area (Å²) in [6, 6.07) is 4.64. The number of ether oxygens (including phenoxy) is 1. The fourth-order valence-electron chi connectivity index (χ4n) is 2.72. The molecule has 1 aromatic carbocycles. The van der Waals surface area contributed by atoms with Crippen molar-refractivity contribution in [3.8, 4) is 5.75 Å². The summed E-state index contributed by atoms with van der Waals surface area (Å²) in [5.74, 6) is 2.30. The van der Waals surface area contributed by atoms with Crippen LogP contribution in [0.25, 0.3) is 0 Å². The van der Waals surface area contributed by atoms with Gasteiger partial charge in [0.25, 0.3) is 0 Å². The molecule has 0 spiro atoms. The highest BCUT2D eigenvalue weighted by Crippen LogP contribution is 2.37. The lowest BCUT2D eigenvalue weighted by atomic mass is 9.82. The third-order valence-corrected chi connectivity index (χ3v) is 3.73. The van der Waals surface area contributed by atoms with Gasteiger partial charge in [-0.05, 0) is 53.9 Å². The molecule has 1 aliphatic rings. The van der Waals surface area contributed by atoms with Gasteiger partial charge in [0.1, 0.15) is 5.75 Å². The van der Waals surface area contributed by atoms with Crippen LogP contribution in [0, 0.1) is 0 Å². The molecule has 2 rings (SSSR count). The summed E-state index contributed by atoms with van der Waals surface area (Å²) >= 11 is 0. The van der Waals surface area contributed by atoms with E-state index < -0.39 is 0 Å². The van der Waals surface area contributed by atoms with Crippen molar-refractivity contribution >= 4 is 0 Å². The molecule has 1 heteroatoms. The van der Waals surface area contributed by atoms with Crippen molar-refractivity contribution in [2.24, 2.45) is 0 Å². The van der Waals surface area contributed by atoms with Crippen LogP contribution in [-0.2, 0) is 6.42 Å². The number of hydrogen-bond donors (Lipinski definition) is 0. The third kappa shape index (κ3) is 1.95. The molecule has 1 atom stereocenters. The van der Waals surface area contributed by atoms with Gasteiger partial charge in [-0.1, -0.05) is 26.8 Å². The normalized spacial score (nSPS) is 19.7. The summed E-state index contributed by atoms with van der Waals surface area (Å²) in [5, 5.41) is 0. The monoisotopic (exact) mass is 218 g/mol. The standard InChI is InChI=1S/C15H22O/c1-10(2)13-8-12-7-5-6-11(3)14(12)9-15(13)16-4/h8-11H,5-7H2,1-4H3/t11-/m1/s1. The van der Waals surface area contributed by atoms with Crippen LogP contribution in [0.1, 0.15) is 62.1 Å². The Morgan fingerprint density at radius 3 is 2.69 bits per heavy atom. The number of hydrogen-bond acceptors (Lipinski definition) is 1. The first-order chi connectivity index (χ1) is 7.63. The zero-order chi connectivity index (χ0) is 11.7. The average molecular weight is 218 g/mol. The second-order valence-electron chi connectivity index (χ2n) is 5.24. The molecule has 16 heavy (non-hydrogen) atoms. The zero-order valence-electron chi connectivity index (χ0n) is 10.8. The van der Waals surface area contributed by atoms with Crippen LogP contribution in [0.2, 0.25) is 0 Å². The van der Waals surface area contributed by atoms with Gasteiger partial charge in [0.2, 0.25) is 0 Å². The van der Waals surface area contributed by atoms with Crippen LogP contribution in [0.15, 0.2) is 12.1 Å². The minimum absolute atomic E-state index is 0.539. The maximum atomic E-state index is 5.52. The molecular formula is C15H22O. The summed E-state index contributed by atoms with van der Waals surface area (Å²) in [6.45, 7) is 6.79. The summed E-state index contributed by atoms with van der Waals surface area (Å²) in [7, 11) is 1.78. The maximum Gasteiger partial charge on any atom is 0.122 e. The summed E-state index contributed by atoms with van der Waals surface area (Å²) < 4.78 is 5.52. The lowest BCUT2D eigenvalue weighted by Gasteiger charge is -2.25. The molecule has 1 aliphatic carbocycles. The molecule has 0 heterocycles. The quantitative estimate of drug-likeness (QED) is 0.720. The molecule has 0 saturated heterocycles. The molecule has 1 aromatic rings. The van der Waals surface area contributed by atoms with Gasteiger partial charge in [0, 0.05) is 0 Å². The van der Waals surface area contributed by atoms with Crippen molar-refractivity contribution in [3.05, 3.63) is 28.8 Å². The number of rotatable bonds is 2. The first-order valence-corrected chi connectivity index (χ1v) is 6.34. The van der Waals surface area contributed by atoms with Crippen molar-refractivity contribution in [3.63, 3.8) is 0 Å². The van der Waals surface area contributed by atoms with Crippen LogP contribution in [0.5, 0.6) is 5.75 Å². The van der Waals surface area contributed by atoms with Gasteiger partial charge in [0.15, 0.2) is 0 Å². The number of fused-ring (bicyclic) bond motifs is 1. The minimum Gasteiger partial charge on any atom is -0.496 e. The zero-order valence-corrected chi connectivity index (χ0v) is 10.8. The molecule has 1 nitrogen and oxygen atoms in total. The highest BCUT2D eigenvalue weighted by molar-refractivity contribution is 5.46. The van der Waals surface area contributed by atoms with Crippen LogP contribution >= 0.6 is 0 Å². The number of benzene rings is 1. The van der Waals surface area contributed by atoms with Crippen molar-refractivity contribution in [2.45, 2.75) is 51.9 Å². The van der Waals surface area contributed by atoms with Gasteiger partial charge in [-0.2, -0.15) is 0 Å². The predicted molar refractivity (Wildman–Crippen MR) is 68.4 cm³/mol. The van der Waals surface area contributed by atoms with Crippen molar-refractivity contribution < 1.29 is 4.74 Å². The summed E-state index contributed by atoms with van der Waals surface area (Å²) in [5.41, 5.74) is 4.41. The van der Waals surface area contributed by atoms with E-state index in [1.165, 1.54) is 30.4 Å². The molecule has 0 amide bonds. The van der Waals surface area contributed by atoms with Gasteiger partial charge in [-0.25, -0.2) is 0 Å². The molecule has 0 unspecified atom stereocenters. The van der Waals surface area contributed by atoms with Crippen LogP contribution in [0.4, 0.5) is 0 Å². The molecule has 0 saturated carbocycles. The molecule has 0 fully saturated rings. The van der Waals surface area contributed by atoms with E-state index in [0.717, 1.165) is 5.75 Å². The van der Waals surface area contributed by atoms with Gasteiger partial charge in [-0.3, -0.25) is 0 Å². The molecule has 88 valence electrons. The van der Waals surface area contributed by atoms with Crippen LogP contribution < -0.4 is 4.74 Å². The molecule has 0 bridgehead atoms. The molecular weight excluding hydrogens is 196 g/mol. The topological polar surface area (TPSA) is 9.23 Å². The first-order valence-electron chi connectivity index (χ1n) is 6.34. The summed E-state index contributed by atoms with van der Waals surface area (Å²) in [4.78, 5) is 0. The van der Waals surface area contributed by atoms with E-state index in [-0.39, 0.29) is 0 Å². The summed E-state index contributed by atoms with van der Waals surface area (Å²) in [6.07, 6.45) is 3.89. The van der Waals surface area contributed by atoms with E-state index in [0.29, 0.717) is 11.8 Å². The Morgan fingerprint density at radius 1 is 1.31 bits per heavy atom. The van der Waals surface area contributed by atoms with E-state index >= 15 is 0 Å². The SMILES string of the molecule is COc1cc2c(cc1C(C)C)CCC[C@H]2C. The molecule has 0 aromatic heterocycles. The van der Waals surface area contributed by atoms with E-state index in [9.17, 15) is 0 Å². The van der Waals surface area contributed by atoms with Crippen molar-refractivity contribution in [1.82, 2.24) is 0 Å². The maximum absolute atomic E-state index is 5.52. The number of methoxy groups -OCH3 is 1. The Labute approximate surface area is 98.8 Å². The highest BCUT2D eigenvalue weighted by atomic mass is 16.5. The largest absolute Gasteiger partial charge is 0.496 e. The lowest BCUT2D eigenvalue weighted by molar-refractivity contribution is 0.405. The van der Waals surface area contributed by atoms with Gasteiger partial charge < -0.3 is 4.74 Å². The Hall–Kier alpha value is -0.980. The van der Waals surface area contributed by atoms with Crippen LogP contribution in [-0.4, -0.2) is 7.11 Å². The number of aryl methyl sites for hydroxylation is 1. The van der Waals surface area contributed by atoms with Gasteiger partial charge in [0.05, 0.1) is 7.11 Å². The van der Waals surface area contributed by atoms with Gasteiger partial charge in [-0.15, -0.1) is 0 Å². The fourth-order valence-corrected chi connectivity index (χ4v) is 2.72. The Balaban J connectivity index is 2.51. The van der Waals surface area contributed by atoms with E-state index in [4.69, 9.17) is 4.74 Å². The lowest BCUT2D eigenvalue weighted by Crippen LogP contribution is -2.09. The first kappa shape index (κ1) is 11.5. The fraction of sp³-hybridized carbons (Fsp3) is 0.600. The van der Waals surface area contributed by atoms with Crippen LogP contribution in [0.3, 0.4) is 0 Å². The smallest absolute Gasteiger partial charge is 0.122 e. The predicted octanol–water partition coefficient (Wildman–Crippen LogP) is 4.26. The third-order valence-electron chi connectivity index (χ3n) is 3.73. The van der Waals surface area contributed by atoms with E-state index in [2.05, 4.69) is 32.9 Å². The second-order valence-corrected chi connectivity index (χ2v) is 5.24. The molecule has 0 N–H and O–H groups in total. The van der Waals surface area contributed by atoms with Gasteiger partial charge >= 0.3 is 0 Å². The van der Waals surface area contributed by atoms with E-state index in [1.54, 1.807) is 12.7 Å². The minimum atomic E-state index is 0.539. The Bertz CT molecular complexity index is 364. The average Bonchev–Trinajstić information content (AvgIpc) is 2.28. The van der Waals surface area contributed by atoms with E-state index in [1.807, 2.05) is 0 Å². The second kappa shape index (κ2) is 4.48. The van der Waals surface area contributed by atoms with Crippen molar-refractivity contribution in [2.75, 3.05) is 7.11 Å². The van der Waals surface area contributed by atoms with Crippen molar-refractivity contribution in [1.29, 1.82) is 0 Å². The highest BCUT2D eigenvalue weighted by Gasteiger charge is 2.20.